The standard InChI is InChI=1S/C38H26Br2S2/c39-37-21-19-29(41-37)17-15-27-24-36(34-14-6-10-26-8-2-4-12-32(26)34)28(16-18-30-20-22-38(40)42-30)23-35(27)33-13-5-9-25-7-1-3-11-31(25)33/h1-19,21-24,30H,20H2/b17-15+,18-16+. The van der Waals surface area contributed by atoms with Crippen LogP contribution in [0.3, 0.4) is 0 Å². The first-order chi connectivity index (χ1) is 20.6. The average molecular weight is 707 g/mol. The molecular formula is C38H26Br2S2. The third kappa shape index (κ3) is 5.74. The highest BCUT2D eigenvalue weighted by Gasteiger charge is 2.17. The molecule has 0 aliphatic carbocycles. The molecule has 0 saturated carbocycles. The van der Waals surface area contributed by atoms with E-state index in [2.05, 4.69) is 171 Å². The van der Waals surface area contributed by atoms with Crippen molar-refractivity contribution in [3.63, 3.8) is 0 Å². The second kappa shape index (κ2) is 12.2. The van der Waals surface area contributed by atoms with Crippen molar-refractivity contribution in [3.05, 3.63) is 145 Å². The van der Waals surface area contributed by atoms with Crippen molar-refractivity contribution in [1.82, 2.24) is 0 Å². The second-order valence-corrected chi connectivity index (χ2v) is 15.5. The lowest BCUT2D eigenvalue weighted by Gasteiger charge is -2.17. The third-order valence-electron chi connectivity index (χ3n) is 7.67. The van der Waals surface area contributed by atoms with E-state index >= 15 is 0 Å². The van der Waals surface area contributed by atoms with E-state index in [9.17, 15) is 0 Å². The van der Waals surface area contributed by atoms with Crippen LogP contribution in [0.4, 0.5) is 0 Å². The molecule has 204 valence electrons. The molecule has 0 nitrogen and oxygen atoms in total. The predicted molar refractivity (Wildman–Crippen MR) is 195 cm³/mol. The van der Waals surface area contributed by atoms with Gasteiger partial charge in [-0.15, -0.1) is 23.1 Å². The highest BCUT2D eigenvalue weighted by Crippen LogP contribution is 2.41. The first-order valence-corrected chi connectivity index (χ1v) is 17.2. The Balaban J connectivity index is 1.48. The molecule has 0 saturated heterocycles. The normalized spacial score (nSPS) is 15.4. The summed E-state index contributed by atoms with van der Waals surface area (Å²) in [6.07, 6.45) is 12.5. The average Bonchev–Trinajstić information content (AvgIpc) is 3.65. The number of halogens is 2. The van der Waals surface area contributed by atoms with Crippen molar-refractivity contribution in [2.45, 2.75) is 11.7 Å². The Morgan fingerprint density at radius 3 is 1.76 bits per heavy atom. The Kier molecular flexibility index (Phi) is 8.05. The lowest BCUT2D eigenvalue weighted by atomic mass is 9.87. The molecule has 0 spiro atoms. The molecule has 0 amide bonds. The third-order valence-corrected chi connectivity index (χ3v) is 11.2. The van der Waals surface area contributed by atoms with Gasteiger partial charge in [0.05, 0.1) is 3.79 Å². The van der Waals surface area contributed by atoms with Gasteiger partial charge in [-0.3, -0.25) is 0 Å². The summed E-state index contributed by atoms with van der Waals surface area (Å²) in [5.41, 5.74) is 7.42. The summed E-state index contributed by atoms with van der Waals surface area (Å²) < 4.78 is 2.36. The van der Waals surface area contributed by atoms with Gasteiger partial charge in [-0.25, -0.2) is 0 Å². The maximum Gasteiger partial charge on any atom is 0.0704 e. The molecular weight excluding hydrogens is 680 g/mol. The number of hydrogen-bond donors (Lipinski definition) is 0. The molecule has 1 aliphatic heterocycles. The van der Waals surface area contributed by atoms with Crippen molar-refractivity contribution in [1.29, 1.82) is 0 Å². The Hall–Kier alpha value is -3.15. The Morgan fingerprint density at radius 1 is 0.595 bits per heavy atom. The minimum atomic E-state index is 0.428. The van der Waals surface area contributed by atoms with E-state index in [-0.39, 0.29) is 0 Å². The molecule has 1 aromatic heterocycles. The van der Waals surface area contributed by atoms with E-state index in [1.165, 1.54) is 63.6 Å². The van der Waals surface area contributed by atoms with Crippen molar-refractivity contribution in [3.8, 4) is 22.3 Å². The first-order valence-electron chi connectivity index (χ1n) is 13.9. The number of allylic oxidation sites excluding steroid dienone is 1. The van der Waals surface area contributed by atoms with Gasteiger partial charge in [0.15, 0.2) is 0 Å². The second-order valence-electron chi connectivity index (χ2n) is 10.3. The van der Waals surface area contributed by atoms with Crippen molar-refractivity contribution in [2.24, 2.45) is 0 Å². The van der Waals surface area contributed by atoms with E-state index in [0.717, 1.165) is 10.2 Å². The SMILES string of the molecule is BrC1=CCC(/C=C/c2cc(-c3cccc4ccccc34)c(/C=C/c3ccc(Br)s3)cc2-c2cccc3ccccc23)S1. The number of benzene rings is 5. The van der Waals surface area contributed by atoms with Crippen LogP contribution in [-0.2, 0) is 0 Å². The zero-order valence-corrected chi connectivity index (χ0v) is 27.4. The maximum atomic E-state index is 3.68. The topological polar surface area (TPSA) is 0 Å². The zero-order chi connectivity index (χ0) is 28.5. The van der Waals surface area contributed by atoms with Gasteiger partial charge in [0.25, 0.3) is 0 Å². The summed E-state index contributed by atoms with van der Waals surface area (Å²) in [5.74, 6) is 0. The van der Waals surface area contributed by atoms with Gasteiger partial charge >= 0.3 is 0 Å². The summed E-state index contributed by atoms with van der Waals surface area (Å²) in [5, 5.41) is 5.46. The number of hydrogen-bond acceptors (Lipinski definition) is 2. The fourth-order valence-corrected chi connectivity index (χ4v) is 8.73. The first kappa shape index (κ1) is 27.7. The van der Waals surface area contributed by atoms with Gasteiger partial charge in [0.1, 0.15) is 0 Å². The predicted octanol–water partition coefficient (Wildman–Crippen LogP) is 13.1. The highest BCUT2D eigenvalue weighted by molar-refractivity contribution is 9.14. The molecule has 5 aromatic carbocycles. The minimum absolute atomic E-state index is 0.428. The number of rotatable bonds is 6. The number of thioether (sulfide) groups is 1. The van der Waals surface area contributed by atoms with Crippen LogP contribution in [0.25, 0.3) is 62.0 Å². The van der Waals surface area contributed by atoms with Crippen LogP contribution in [0.15, 0.2) is 129 Å². The molecule has 2 heterocycles. The molecule has 0 bridgehead atoms. The Morgan fingerprint density at radius 2 is 1.19 bits per heavy atom. The molecule has 6 aromatic rings. The minimum Gasteiger partial charge on any atom is -0.129 e. The summed E-state index contributed by atoms with van der Waals surface area (Å²) in [4.78, 5) is 1.22. The zero-order valence-electron chi connectivity index (χ0n) is 22.6. The summed E-state index contributed by atoms with van der Waals surface area (Å²) in [6, 6.07) is 39.7. The molecule has 0 fully saturated rings. The largest absolute Gasteiger partial charge is 0.129 e. The molecule has 1 atom stereocenters. The van der Waals surface area contributed by atoms with E-state index < -0.39 is 0 Å². The van der Waals surface area contributed by atoms with Crippen LogP contribution in [0.2, 0.25) is 0 Å². The quantitative estimate of drug-likeness (QED) is 0.166. The van der Waals surface area contributed by atoms with Crippen LogP contribution < -0.4 is 0 Å². The summed E-state index contributed by atoms with van der Waals surface area (Å²) >= 11 is 10.9. The summed E-state index contributed by atoms with van der Waals surface area (Å²) in [6.45, 7) is 0. The fraction of sp³-hybridized carbons (Fsp3) is 0.0526. The van der Waals surface area contributed by atoms with Crippen molar-refractivity contribution >= 4 is 94.7 Å². The van der Waals surface area contributed by atoms with Crippen LogP contribution in [0, 0.1) is 0 Å². The molecule has 1 aliphatic rings. The van der Waals surface area contributed by atoms with Gasteiger partial charge in [0.2, 0.25) is 0 Å². The molecule has 4 heteroatoms. The monoisotopic (exact) mass is 704 g/mol. The van der Waals surface area contributed by atoms with E-state index in [1.54, 1.807) is 11.3 Å². The summed E-state index contributed by atoms with van der Waals surface area (Å²) in [7, 11) is 0. The highest BCUT2D eigenvalue weighted by atomic mass is 79.9. The van der Waals surface area contributed by atoms with Crippen LogP contribution in [-0.4, -0.2) is 5.25 Å². The number of fused-ring (bicyclic) bond motifs is 2. The molecule has 0 radical (unpaired) electrons. The molecule has 7 rings (SSSR count). The number of thiophene rings is 1. The Labute approximate surface area is 271 Å². The lowest BCUT2D eigenvalue weighted by molar-refractivity contribution is 1.10. The Bertz CT molecular complexity index is 2020. The molecule has 1 unspecified atom stereocenters. The van der Waals surface area contributed by atoms with Crippen molar-refractivity contribution in [2.75, 3.05) is 0 Å². The van der Waals surface area contributed by atoms with Gasteiger partial charge in [-0.05, 0) is 124 Å². The lowest BCUT2D eigenvalue weighted by Crippen LogP contribution is -1.94. The van der Waals surface area contributed by atoms with Gasteiger partial charge in [0, 0.05) is 13.9 Å². The smallest absolute Gasteiger partial charge is 0.0704 e. The molecule has 0 N–H and O–H groups in total. The van der Waals surface area contributed by atoms with E-state index in [4.69, 9.17) is 0 Å². The van der Waals surface area contributed by atoms with Gasteiger partial charge < -0.3 is 0 Å². The fourth-order valence-electron chi connectivity index (χ4n) is 5.66. The maximum absolute atomic E-state index is 3.68. The van der Waals surface area contributed by atoms with Gasteiger partial charge in [-0.1, -0.05) is 109 Å². The van der Waals surface area contributed by atoms with Gasteiger partial charge in [-0.2, -0.15) is 0 Å². The van der Waals surface area contributed by atoms with Crippen LogP contribution in [0.1, 0.15) is 22.4 Å². The molecule has 42 heavy (non-hydrogen) atoms. The van der Waals surface area contributed by atoms with E-state index in [1.807, 2.05) is 11.8 Å². The van der Waals surface area contributed by atoms with Crippen LogP contribution in [0.5, 0.6) is 0 Å². The van der Waals surface area contributed by atoms with Crippen LogP contribution >= 0.6 is 55.0 Å². The van der Waals surface area contributed by atoms with E-state index in [0.29, 0.717) is 5.25 Å². The van der Waals surface area contributed by atoms with Crippen molar-refractivity contribution < 1.29 is 0 Å².